The van der Waals surface area contributed by atoms with Gasteiger partial charge in [0.25, 0.3) is 0 Å². The van der Waals surface area contributed by atoms with E-state index >= 15 is 0 Å². The highest BCUT2D eigenvalue weighted by Gasteiger charge is 2.22. The van der Waals surface area contributed by atoms with Gasteiger partial charge in [-0.2, -0.15) is 5.10 Å². The van der Waals surface area contributed by atoms with Crippen molar-refractivity contribution in [1.82, 2.24) is 5.01 Å². The van der Waals surface area contributed by atoms with Crippen LogP contribution in [0.3, 0.4) is 0 Å². The molecule has 2 aromatic carbocycles. The number of hydrogen-bond acceptors (Lipinski definition) is 6. The van der Waals surface area contributed by atoms with Crippen molar-refractivity contribution in [1.29, 1.82) is 0 Å². The Balaban J connectivity index is 1.89. The fourth-order valence-corrected chi connectivity index (χ4v) is 3.58. The maximum atomic E-state index is 11.9. The molecular formula is C21H23N3O3S. The first kappa shape index (κ1) is 19.9. The average Bonchev–Trinajstić information content (AvgIpc) is 2.71. The van der Waals surface area contributed by atoms with Crippen LogP contribution in [0, 0.1) is 0 Å². The van der Waals surface area contributed by atoms with Crippen molar-refractivity contribution in [2.75, 3.05) is 19.5 Å². The number of thioether (sulfide) groups is 1. The van der Waals surface area contributed by atoms with Gasteiger partial charge in [0.05, 0.1) is 32.4 Å². The van der Waals surface area contributed by atoms with E-state index in [1.165, 1.54) is 0 Å². The van der Waals surface area contributed by atoms with Crippen molar-refractivity contribution in [3.05, 3.63) is 60.2 Å². The van der Waals surface area contributed by atoms with Crippen LogP contribution in [0.5, 0.6) is 5.75 Å². The molecule has 1 aliphatic rings. The molecule has 0 saturated heterocycles. The van der Waals surface area contributed by atoms with Gasteiger partial charge in [0.15, 0.2) is 5.17 Å². The van der Waals surface area contributed by atoms with Crippen LogP contribution in [0.1, 0.15) is 18.9 Å². The molecule has 0 bridgehead atoms. The summed E-state index contributed by atoms with van der Waals surface area (Å²) in [6.07, 6.45) is 0.189. The van der Waals surface area contributed by atoms with Gasteiger partial charge in [0, 0.05) is 5.75 Å². The highest BCUT2D eigenvalue weighted by atomic mass is 32.2. The van der Waals surface area contributed by atoms with Crippen LogP contribution >= 0.6 is 11.8 Å². The molecule has 0 unspecified atom stereocenters. The van der Waals surface area contributed by atoms with Gasteiger partial charge in [-0.25, -0.2) is 10.0 Å². The Morgan fingerprint density at radius 2 is 1.93 bits per heavy atom. The summed E-state index contributed by atoms with van der Waals surface area (Å²) >= 11 is 1.55. The van der Waals surface area contributed by atoms with Gasteiger partial charge in [-0.15, -0.1) is 0 Å². The topological polar surface area (TPSA) is 63.5 Å². The van der Waals surface area contributed by atoms with E-state index in [1.807, 2.05) is 59.6 Å². The van der Waals surface area contributed by atoms with Gasteiger partial charge in [-0.1, -0.05) is 54.2 Å². The molecule has 0 spiro atoms. The first-order valence-corrected chi connectivity index (χ1v) is 10.1. The smallest absolute Gasteiger partial charge is 0.311 e. The fraction of sp³-hybridized carbons (Fsp3) is 0.286. The maximum Gasteiger partial charge on any atom is 0.311 e. The third-order valence-electron chi connectivity index (χ3n) is 3.98. The van der Waals surface area contributed by atoms with E-state index < -0.39 is 0 Å². The number of ether oxygens (including phenoxy) is 2. The summed E-state index contributed by atoms with van der Waals surface area (Å²) in [5.74, 6) is 1.04. The first-order valence-electron chi connectivity index (χ1n) is 9.07. The second-order valence-corrected chi connectivity index (χ2v) is 6.99. The highest BCUT2D eigenvalue weighted by molar-refractivity contribution is 8.14. The maximum absolute atomic E-state index is 11.9. The first-order chi connectivity index (χ1) is 13.7. The normalized spacial score (nSPS) is 15.3. The Morgan fingerprint density at radius 3 is 2.68 bits per heavy atom. The van der Waals surface area contributed by atoms with E-state index in [-0.39, 0.29) is 12.4 Å². The molecule has 6 nitrogen and oxygen atoms in total. The van der Waals surface area contributed by atoms with Crippen molar-refractivity contribution in [3.63, 3.8) is 0 Å². The molecule has 3 rings (SSSR count). The molecule has 0 amide bonds. The lowest BCUT2D eigenvalue weighted by molar-refractivity contribution is -0.141. The minimum Gasteiger partial charge on any atom is -0.494 e. The molecule has 28 heavy (non-hydrogen) atoms. The molecule has 7 heteroatoms. The Morgan fingerprint density at radius 1 is 1.18 bits per heavy atom. The van der Waals surface area contributed by atoms with Crippen LogP contribution in [0.2, 0.25) is 0 Å². The van der Waals surface area contributed by atoms with Crippen LogP contribution in [0.4, 0.5) is 5.69 Å². The minimum absolute atomic E-state index is 0.189. The zero-order chi connectivity index (χ0) is 19.8. The second-order valence-electron chi connectivity index (χ2n) is 6.05. The number of amidine groups is 1. The van der Waals surface area contributed by atoms with Crippen LogP contribution in [-0.2, 0) is 16.1 Å². The molecule has 0 fully saturated rings. The van der Waals surface area contributed by atoms with Crippen molar-refractivity contribution in [2.45, 2.75) is 19.9 Å². The molecule has 0 atom stereocenters. The van der Waals surface area contributed by atoms with Crippen molar-refractivity contribution >= 4 is 34.3 Å². The predicted molar refractivity (Wildman–Crippen MR) is 113 cm³/mol. The molecule has 0 aromatic heterocycles. The monoisotopic (exact) mass is 397 g/mol. The van der Waals surface area contributed by atoms with Gasteiger partial charge < -0.3 is 9.47 Å². The van der Waals surface area contributed by atoms with Gasteiger partial charge in [-0.05, 0) is 24.6 Å². The van der Waals surface area contributed by atoms with E-state index in [0.29, 0.717) is 24.7 Å². The van der Waals surface area contributed by atoms with E-state index in [0.717, 1.165) is 22.1 Å². The summed E-state index contributed by atoms with van der Waals surface area (Å²) in [5.41, 5.74) is 2.63. The third kappa shape index (κ3) is 5.36. The molecule has 0 aliphatic carbocycles. The molecule has 0 radical (unpaired) electrons. The van der Waals surface area contributed by atoms with Crippen LogP contribution in [-0.4, -0.2) is 41.3 Å². The number of nitrogens with zero attached hydrogens (tertiary/aromatic N) is 3. The lowest BCUT2D eigenvalue weighted by Crippen LogP contribution is -2.31. The Hall–Kier alpha value is -2.80. The zero-order valence-corrected chi connectivity index (χ0v) is 16.8. The van der Waals surface area contributed by atoms with Gasteiger partial charge >= 0.3 is 5.97 Å². The second kappa shape index (κ2) is 9.94. The summed E-state index contributed by atoms with van der Waals surface area (Å²) in [5, 5.41) is 7.29. The number of methoxy groups -OCH3 is 1. The number of para-hydroxylation sites is 2. The number of carbonyl (C=O) groups is 1. The van der Waals surface area contributed by atoms with Crippen molar-refractivity contribution < 1.29 is 14.3 Å². The molecule has 0 N–H and O–H groups in total. The Labute approximate surface area is 169 Å². The average molecular weight is 398 g/mol. The van der Waals surface area contributed by atoms with E-state index in [4.69, 9.17) is 14.5 Å². The number of hydrazone groups is 1. The van der Waals surface area contributed by atoms with Crippen LogP contribution in [0.15, 0.2) is 64.7 Å². The lowest BCUT2D eigenvalue weighted by atomic mass is 10.2. The molecule has 0 saturated carbocycles. The largest absolute Gasteiger partial charge is 0.494 e. The summed E-state index contributed by atoms with van der Waals surface area (Å²) in [4.78, 5) is 16.6. The predicted octanol–water partition coefficient (Wildman–Crippen LogP) is 4.24. The number of esters is 1. The SMILES string of the molecule is CCOC(=O)CC1=NN(Cc2ccccc2)C(=Nc2ccccc2OC)SC1. The van der Waals surface area contributed by atoms with Gasteiger partial charge in [0.1, 0.15) is 11.4 Å². The van der Waals surface area contributed by atoms with Gasteiger partial charge in [-0.3, -0.25) is 4.79 Å². The molecule has 1 aliphatic heterocycles. The number of hydrogen-bond donors (Lipinski definition) is 0. The number of carbonyl (C=O) groups excluding carboxylic acids is 1. The lowest BCUT2D eigenvalue weighted by Gasteiger charge is -2.26. The number of rotatable bonds is 7. The fourth-order valence-electron chi connectivity index (χ4n) is 2.70. The van der Waals surface area contributed by atoms with Gasteiger partial charge in [0.2, 0.25) is 0 Å². The molecule has 1 heterocycles. The standard InChI is InChI=1S/C21H23N3O3S/c1-3-27-20(25)13-17-15-28-21(22-18-11-7-8-12-19(18)26-2)24(23-17)14-16-9-5-4-6-10-16/h4-12H,3,13-15H2,1-2H3. The summed E-state index contributed by atoms with van der Waals surface area (Å²) in [6.45, 7) is 2.73. The molecule has 2 aromatic rings. The van der Waals surface area contributed by atoms with Crippen LogP contribution in [0.25, 0.3) is 0 Å². The van der Waals surface area contributed by atoms with Crippen molar-refractivity contribution in [3.8, 4) is 5.75 Å². The quantitative estimate of drug-likeness (QED) is 0.654. The van der Waals surface area contributed by atoms with E-state index in [9.17, 15) is 4.79 Å². The van der Waals surface area contributed by atoms with Crippen LogP contribution < -0.4 is 4.74 Å². The Kier molecular flexibility index (Phi) is 7.08. The summed E-state index contributed by atoms with van der Waals surface area (Å²) in [7, 11) is 1.63. The zero-order valence-electron chi connectivity index (χ0n) is 16.0. The Bertz CT molecular complexity index is 868. The van der Waals surface area contributed by atoms with Crippen molar-refractivity contribution in [2.24, 2.45) is 10.1 Å². The third-order valence-corrected chi connectivity index (χ3v) is 5.02. The minimum atomic E-state index is -0.258. The highest BCUT2D eigenvalue weighted by Crippen LogP contribution is 2.30. The number of aliphatic imine (C=N–C) groups is 1. The summed E-state index contributed by atoms with van der Waals surface area (Å²) < 4.78 is 10.5. The van der Waals surface area contributed by atoms with E-state index in [1.54, 1.807) is 25.8 Å². The van der Waals surface area contributed by atoms with E-state index in [2.05, 4.69) is 5.10 Å². The molecular weight excluding hydrogens is 374 g/mol. The molecule has 146 valence electrons. The number of benzene rings is 2. The summed E-state index contributed by atoms with van der Waals surface area (Å²) in [6, 6.07) is 17.7.